The molecule has 0 aliphatic carbocycles. The second-order valence-electron chi connectivity index (χ2n) is 5.95. The molecule has 1 atom stereocenters. The van der Waals surface area contributed by atoms with E-state index in [0.29, 0.717) is 29.4 Å². The van der Waals surface area contributed by atoms with Gasteiger partial charge in [0, 0.05) is 11.3 Å². The molecule has 0 spiro atoms. The lowest BCUT2D eigenvalue weighted by Gasteiger charge is -2.14. The number of Topliss-reactive ketones (excluding diaryl/α,β-unsaturated/α-hetero) is 1. The Morgan fingerprint density at radius 1 is 1.00 bits per heavy atom. The number of esters is 1. The average Bonchev–Trinajstić information content (AvgIpc) is 2.67. The summed E-state index contributed by atoms with van der Waals surface area (Å²) >= 11 is 0. The van der Waals surface area contributed by atoms with E-state index >= 15 is 0 Å². The van der Waals surface area contributed by atoms with Gasteiger partial charge in [0.1, 0.15) is 11.5 Å². The maximum atomic E-state index is 12.2. The number of anilines is 1. The third-order valence-electron chi connectivity index (χ3n) is 3.71. The van der Waals surface area contributed by atoms with Gasteiger partial charge in [-0.3, -0.25) is 9.59 Å². The van der Waals surface area contributed by atoms with Gasteiger partial charge in [-0.2, -0.15) is 0 Å². The molecule has 0 unspecified atom stereocenters. The van der Waals surface area contributed by atoms with E-state index in [1.807, 2.05) is 6.92 Å². The Labute approximate surface area is 163 Å². The summed E-state index contributed by atoms with van der Waals surface area (Å²) in [6, 6.07) is 13.3. The van der Waals surface area contributed by atoms with E-state index in [9.17, 15) is 14.4 Å². The largest absolute Gasteiger partial charge is 0.494 e. The summed E-state index contributed by atoms with van der Waals surface area (Å²) in [4.78, 5) is 35.5. The summed E-state index contributed by atoms with van der Waals surface area (Å²) in [5, 5.41) is 2.61. The number of ether oxygens (including phenoxy) is 3. The Hall–Kier alpha value is -3.35. The number of hydrogen-bond donors (Lipinski definition) is 1. The normalized spacial score (nSPS) is 11.2. The molecule has 0 bridgehead atoms. The molecule has 0 saturated carbocycles. The second kappa shape index (κ2) is 10.1. The molecule has 7 nitrogen and oxygen atoms in total. The van der Waals surface area contributed by atoms with Gasteiger partial charge in [-0.05, 0) is 57.2 Å². The predicted molar refractivity (Wildman–Crippen MR) is 104 cm³/mol. The van der Waals surface area contributed by atoms with Gasteiger partial charge in [-0.1, -0.05) is 12.1 Å². The van der Waals surface area contributed by atoms with E-state index < -0.39 is 18.0 Å². The molecule has 1 N–H and O–H groups in total. The van der Waals surface area contributed by atoms with E-state index in [4.69, 9.17) is 14.2 Å². The fourth-order valence-corrected chi connectivity index (χ4v) is 2.29. The van der Waals surface area contributed by atoms with Crippen molar-refractivity contribution in [2.75, 3.05) is 18.5 Å². The number of benzene rings is 2. The zero-order valence-corrected chi connectivity index (χ0v) is 16.1. The van der Waals surface area contributed by atoms with E-state index in [-0.39, 0.29) is 12.4 Å². The Morgan fingerprint density at radius 2 is 1.64 bits per heavy atom. The van der Waals surface area contributed by atoms with Crippen LogP contribution in [0.2, 0.25) is 0 Å². The third-order valence-corrected chi connectivity index (χ3v) is 3.71. The van der Waals surface area contributed by atoms with Crippen molar-refractivity contribution >= 4 is 23.3 Å². The van der Waals surface area contributed by atoms with Crippen LogP contribution in [-0.4, -0.2) is 37.0 Å². The highest BCUT2D eigenvalue weighted by atomic mass is 16.6. The van der Waals surface area contributed by atoms with Crippen molar-refractivity contribution < 1.29 is 28.6 Å². The summed E-state index contributed by atoms with van der Waals surface area (Å²) in [5.74, 6) is -0.0960. The summed E-state index contributed by atoms with van der Waals surface area (Å²) in [7, 11) is 0. The van der Waals surface area contributed by atoms with Crippen LogP contribution >= 0.6 is 0 Å². The summed E-state index contributed by atoms with van der Waals surface area (Å²) in [6.07, 6.45) is -1.02. The Balaban J connectivity index is 1.81. The maximum Gasteiger partial charge on any atom is 0.344 e. The number of nitrogens with one attached hydrogen (secondary N) is 1. The van der Waals surface area contributed by atoms with Crippen LogP contribution in [0.5, 0.6) is 11.5 Å². The standard InChI is InChI=1S/C21H23NO6/c1-4-26-18-8-10-19(11-9-18)27-13-20(24)28-15(3)21(25)22-17-7-5-6-16(12-17)14(2)23/h5-12,15H,4,13H2,1-3H3,(H,22,25)/t15-/m0/s1. The molecule has 7 heteroatoms. The first-order valence-electron chi connectivity index (χ1n) is 8.86. The molecule has 0 saturated heterocycles. The topological polar surface area (TPSA) is 90.9 Å². The quantitative estimate of drug-likeness (QED) is 0.526. The van der Waals surface area contributed by atoms with Crippen LogP contribution in [-0.2, 0) is 14.3 Å². The van der Waals surface area contributed by atoms with E-state index in [1.165, 1.54) is 13.8 Å². The molecule has 1 amide bonds. The lowest BCUT2D eigenvalue weighted by atomic mass is 10.1. The summed E-state index contributed by atoms with van der Waals surface area (Å²) < 4.78 is 15.7. The highest BCUT2D eigenvalue weighted by Gasteiger charge is 2.18. The Morgan fingerprint density at radius 3 is 2.25 bits per heavy atom. The van der Waals surface area contributed by atoms with Crippen LogP contribution in [0.15, 0.2) is 48.5 Å². The Bertz CT molecular complexity index is 831. The van der Waals surface area contributed by atoms with Gasteiger partial charge in [0.25, 0.3) is 5.91 Å². The smallest absolute Gasteiger partial charge is 0.344 e. The molecule has 2 rings (SSSR count). The fraction of sp³-hybridized carbons (Fsp3) is 0.286. The number of carbonyl (C=O) groups is 3. The monoisotopic (exact) mass is 385 g/mol. The van der Waals surface area contributed by atoms with Gasteiger partial charge in [0.15, 0.2) is 18.5 Å². The third kappa shape index (κ3) is 6.42. The zero-order valence-electron chi connectivity index (χ0n) is 16.1. The van der Waals surface area contributed by atoms with Crippen molar-refractivity contribution in [3.8, 4) is 11.5 Å². The minimum absolute atomic E-state index is 0.109. The number of hydrogen-bond acceptors (Lipinski definition) is 6. The number of carbonyl (C=O) groups excluding carboxylic acids is 3. The minimum Gasteiger partial charge on any atom is -0.494 e. The lowest BCUT2D eigenvalue weighted by molar-refractivity contribution is -0.155. The summed E-state index contributed by atoms with van der Waals surface area (Å²) in [6.45, 7) is 5.02. The van der Waals surface area contributed by atoms with Gasteiger partial charge in [0.05, 0.1) is 6.61 Å². The molecule has 2 aromatic carbocycles. The van der Waals surface area contributed by atoms with Gasteiger partial charge >= 0.3 is 5.97 Å². The molecule has 0 radical (unpaired) electrons. The molecule has 2 aromatic rings. The zero-order chi connectivity index (χ0) is 20.5. The van der Waals surface area contributed by atoms with E-state index in [1.54, 1.807) is 48.5 Å². The first-order chi connectivity index (χ1) is 13.4. The predicted octanol–water partition coefficient (Wildman–Crippen LogP) is 3.24. The van der Waals surface area contributed by atoms with Crippen molar-refractivity contribution in [3.05, 3.63) is 54.1 Å². The number of ketones is 1. The van der Waals surface area contributed by atoms with Gasteiger partial charge in [-0.25, -0.2) is 4.79 Å². The van der Waals surface area contributed by atoms with Gasteiger partial charge in [-0.15, -0.1) is 0 Å². The molecule has 0 aromatic heterocycles. The fourth-order valence-electron chi connectivity index (χ4n) is 2.29. The van der Waals surface area contributed by atoms with Crippen molar-refractivity contribution in [1.29, 1.82) is 0 Å². The van der Waals surface area contributed by atoms with E-state index in [0.717, 1.165) is 0 Å². The number of amides is 1. The first kappa shape index (κ1) is 21.0. The molecular formula is C21H23NO6. The van der Waals surface area contributed by atoms with Crippen LogP contribution in [0.4, 0.5) is 5.69 Å². The maximum absolute atomic E-state index is 12.2. The van der Waals surface area contributed by atoms with Gasteiger partial charge in [0.2, 0.25) is 0 Å². The molecule has 0 aliphatic heterocycles. The second-order valence-corrected chi connectivity index (χ2v) is 5.95. The highest BCUT2D eigenvalue weighted by Crippen LogP contribution is 2.17. The van der Waals surface area contributed by atoms with Gasteiger partial charge < -0.3 is 19.5 Å². The summed E-state index contributed by atoms with van der Waals surface area (Å²) in [5.41, 5.74) is 0.928. The molecule has 28 heavy (non-hydrogen) atoms. The molecule has 0 heterocycles. The highest BCUT2D eigenvalue weighted by molar-refractivity contribution is 5.98. The van der Waals surface area contributed by atoms with Crippen molar-refractivity contribution in [3.63, 3.8) is 0 Å². The minimum atomic E-state index is -1.02. The van der Waals surface area contributed by atoms with Crippen LogP contribution < -0.4 is 14.8 Å². The number of rotatable bonds is 9. The SMILES string of the molecule is CCOc1ccc(OCC(=O)O[C@@H](C)C(=O)Nc2cccc(C(C)=O)c2)cc1. The van der Waals surface area contributed by atoms with Crippen molar-refractivity contribution in [1.82, 2.24) is 0 Å². The van der Waals surface area contributed by atoms with Crippen LogP contribution in [0, 0.1) is 0 Å². The lowest BCUT2D eigenvalue weighted by Crippen LogP contribution is -2.31. The molecule has 0 aliphatic rings. The van der Waals surface area contributed by atoms with Crippen molar-refractivity contribution in [2.45, 2.75) is 26.9 Å². The van der Waals surface area contributed by atoms with Crippen LogP contribution in [0.3, 0.4) is 0 Å². The average molecular weight is 385 g/mol. The van der Waals surface area contributed by atoms with E-state index in [2.05, 4.69) is 5.32 Å². The van der Waals surface area contributed by atoms with Crippen LogP contribution in [0.25, 0.3) is 0 Å². The molecule has 0 fully saturated rings. The Kier molecular flexibility index (Phi) is 7.56. The first-order valence-corrected chi connectivity index (χ1v) is 8.86. The molecule has 148 valence electrons. The molecular weight excluding hydrogens is 362 g/mol. The van der Waals surface area contributed by atoms with Crippen molar-refractivity contribution in [2.24, 2.45) is 0 Å². The van der Waals surface area contributed by atoms with Crippen LogP contribution in [0.1, 0.15) is 31.1 Å².